The molecule has 0 unspecified atom stereocenters. The molecule has 0 fully saturated rings. The number of aromatic nitrogens is 1. The highest BCUT2D eigenvalue weighted by atomic mass is 35.5. The number of carbonyl (C=O) groups excluding carboxylic acids is 1. The molecule has 0 radical (unpaired) electrons. The number of nitrogens with two attached hydrogens (primary N) is 1. The highest BCUT2D eigenvalue weighted by molar-refractivity contribution is 6.37. The van der Waals surface area contributed by atoms with Crippen LogP contribution in [0.4, 0.5) is 0 Å². The lowest BCUT2D eigenvalue weighted by atomic mass is 10.1. The van der Waals surface area contributed by atoms with Gasteiger partial charge in [0.1, 0.15) is 6.61 Å². The normalized spacial score (nSPS) is 11.3. The first-order valence-corrected chi connectivity index (χ1v) is 7.61. The number of rotatable bonds is 6. The molecule has 8 heteroatoms. The van der Waals surface area contributed by atoms with Crippen LogP contribution in [0.25, 0.3) is 0 Å². The van der Waals surface area contributed by atoms with Gasteiger partial charge in [-0.05, 0) is 26.0 Å². The molecule has 0 saturated heterocycles. The Morgan fingerprint density at radius 3 is 2.65 bits per heavy atom. The van der Waals surface area contributed by atoms with E-state index >= 15 is 0 Å². The second-order valence-corrected chi connectivity index (χ2v) is 6.50. The molecule has 0 spiro atoms. The number of amides is 1. The summed E-state index contributed by atoms with van der Waals surface area (Å²) in [6, 6.07) is 6.53. The minimum Gasteiger partial charge on any atom is -0.482 e. The Morgan fingerprint density at radius 2 is 2.04 bits per heavy atom. The third-order valence-corrected chi connectivity index (χ3v) is 3.37. The Hall–Kier alpha value is -1.76. The molecule has 0 aliphatic rings. The lowest BCUT2D eigenvalue weighted by molar-refractivity contribution is 0.0936. The second-order valence-electron chi connectivity index (χ2n) is 5.69. The monoisotopic (exact) mass is 357 g/mol. The van der Waals surface area contributed by atoms with Gasteiger partial charge in [0.25, 0.3) is 5.91 Å². The van der Waals surface area contributed by atoms with Crippen molar-refractivity contribution in [3.8, 4) is 5.75 Å². The van der Waals surface area contributed by atoms with Crippen molar-refractivity contribution in [1.29, 1.82) is 0 Å². The zero-order valence-electron chi connectivity index (χ0n) is 12.7. The van der Waals surface area contributed by atoms with Gasteiger partial charge in [-0.3, -0.25) is 4.79 Å². The van der Waals surface area contributed by atoms with Crippen LogP contribution in [0.1, 0.15) is 30.1 Å². The van der Waals surface area contributed by atoms with Gasteiger partial charge in [0.15, 0.2) is 17.2 Å². The summed E-state index contributed by atoms with van der Waals surface area (Å²) in [4.78, 5) is 11.9. The number of para-hydroxylation sites is 1. The van der Waals surface area contributed by atoms with Crippen LogP contribution in [0.15, 0.2) is 28.8 Å². The van der Waals surface area contributed by atoms with E-state index in [2.05, 4.69) is 10.5 Å². The predicted octanol–water partition coefficient (Wildman–Crippen LogP) is 3.03. The van der Waals surface area contributed by atoms with E-state index < -0.39 is 5.54 Å². The van der Waals surface area contributed by atoms with Gasteiger partial charge in [-0.1, -0.05) is 34.4 Å². The van der Waals surface area contributed by atoms with Crippen molar-refractivity contribution in [3.05, 3.63) is 45.8 Å². The van der Waals surface area contributed by atoms with Crippen LogP contribution >= 0.6 is 23.2 Å². The first-order valence-electron chi connectivity index (χ1n) is 6.86. The maximum atomic E-state index is 11.9. The number of hydrogen-bond acceptors (Lipinski definition) is 5. The van der Waals surface area contributed by atoms with Crippen LogP contribution in [0.2, 0.25) is 10.0 Å². The van der Waals surface area contributed by atoms with Crippen molar-refractivity contribution in [2.24, 2.45) is 5.73 Å². The summed E-state index contributed by atoms with van der Waals surface area (Å²) in [5, 5.41) is 7.15. The smallest absolute Gasteiger partial charge is 0.273 e. The summed E-state index contributed by atoms with van der Waals surface area (Å²) < 4.78 is 10.6. The summed E-state index contributed by atoms with van der Waals surface area (Å²) in [6.45, 7) is 3.98. The van der Waals surface area contributed by atoms with E-state index in [0.717, 1.165) is 0 Å². The van der Waals surface area contributed by atoms with E-state index in [1.54, 1.807) is 18.2 Å². The van der Waals surface area contributed by atoms with E-state index in [1.807, 2.05) is 13.8 Å². The molecule has 2 aromatic rings. The molecule has 1 aromatic carbocycles. The van der Waals surface area contributed by atoms with Crippen LogP contribution < -0.4 is 15.8 Å². The number of nitrogens with one attached hydrogen (secondary N) is 1. The van der Waals surface area contributed by atoms with Gasteiger partial charge in [-0.15, -0.1) is 0 Å². The average Bonchev–Trinajstić information content (AvgIpc) is 2.92. The summed E-state index contributed by atoms with van der Waals surface area (Å²) in [5.74, 6) is 0.357. The van der Waals surface area contributed by atoms with Gasteiger partial charge in [0.2, 0.25) is 0 Å². The van der Waals surface area contributed by atoms with Crippen LogP contribution in [0.5, 0.6) is 5.75 Å². The van der Waals surface area contributed by atoms with Crippen molar-refractivity contribution in [2.45, 2.75) is 26.0 Å². The molecular weight excluding hydrogens is 341 g/mol. The van der Waals surface area contributed by atoms with Crippen LogP contribution in [-0.4, -0.2) is 23.1 Å². The van der Waals surface area contributed by atoms with Crippen molar-refractivity contribution >= 4 is 29.1 Å². The Bertz CT molecular complexity index is 675. The molecule has 0 atom stereocenters. The molecule has 124 valence electrons. The van der Waals surface area contributed by atoms with Gasteiger partial charge in [0, 0.05) is 18.2 Å². The summed E-state index contributed by atoms with van der Waals surface area (Å²) >= 11 is 12.0. The highest BCUT2D eigenvalue weighted by Gasteiger charge is 2.17. The Balaban J connectivity index is 1.96. The third kappa shape index (κ3) is 5.13. The van der Waals surface area contributed by atoms with Gasteiger partial charge >= 0.3 is 0 Å². The predicted molar refractivity (Wildman–Crippen MR) is 87.9 cm³/mol. The van der Waals surface area contributed by atoms with E-state index in [9.17, 15) is 4.79 Å². The number of halogens is 2. The van der Waals surface area contributed by atoms with E-state index in [-0.39, 0.29) is 18.2 Å². The molecule has 3 N–H and O–H groups in total. The molecule has 2 rings (SSSR count). The van der Waals surface area contributed by atoms with Gasteiger partial charge in [-0.25, -0.2) is 0 Å². The van der Waals surface area contributed by atoms with Crippen molar-refractivity contribution in [2.75, 3.05) is 6.54 Å². The molecule has 6 nitrogen and oxygen atoms in total. The summed E-state index contributed by atoms with van der Waals surface area (Å²) in [5.41, 5.74) is 5.45. The van der Waals surface area contributed by atoms with E-state index in [0.29, 0.717) is 28.1 Å². The fraction of sp³-hybridized carbons (Fsp3) is 0.333. The number of ether oxygens (including phenoxy) is 1. The minimum absolute atomic E-state index is 0.0477. The quantitative estimate of drug-likeness (QED) is 0.828. The first kappa shape index (κ1) is 17.6. The fourth-order valence-electron chi connectivity index (χ4n) is 1.65. The van der Waals surface area contributed by atoms with Crippen molar-refractivity contribution in [3.63, 3.8) is 0 Å². The largest absolute Gasteiger partial charge is 0.482 e. The van der Waals surface area contributed by atoms with E-state index in [1.165, 1.54) is 6.07 Å². The average molecular weight is 358 g/mol. The highest BCUT2D eigenvalue weighted by Crippen LogP contribution is 2.32. The second kappa shape index (κ2) is 7.21. The fourth-order valence-corrected chi connectivity index (χ4v) is 2.16. The van der Waals surface area contributed by atoms with Crippen LogP contribution in [-0.2, 0) is 6.61 Å². The summed E-state index contributed by atoms with van der Waals surface area (Å²) in [7, 11) is 0. The molecule has 23 heavy (non-hydrogen) atoms. The van der Waals surface area contributed by atoms with Crippen LogP contribution in [0, 0.1) is 0 Å². The standard InChI is InChI=1S/C15H17Cl2N3O3/c1-15(2,18)8-19-14(21)12-6-9(23-20-12)7-22-13-10(16)4-3-5-11(13)17/h3-6H,7-8,18H2,1-2H3,(H,19,21). The van der Waals surface area contributed by atoms with Gasteiger partial charge < -0.3 is 20.3 Å². The first-order chi connectivity index (χ1) is 10.8. The van der Waals surface area contributed by atoms with Crippen molar-refractivity contribution < 1.29 is 14.1 Å². The number of carbonyl (C=O) groups is 1. The molecule has 0 saturated carbocycles. The maximum Gasteiger partial charge on any atom is 0.273 e. The lowest BCUT2D eigenvalue weighted by Gasteiger charge is -2.18. The molecule has 0 bridgehead atoms. The lowest BCUT2D eigenvalue weighted by Crippen LogP contribution is -2.45. The maximum absolute atomic E-state index is 11.9. The Labute approximate surface area is 143 Å². The molecular formula is C15H17Cl2N3O3. The van der Waals surface area contributed by atoms with Gasteiger partial charge in [-0.2, -0.15) is 0 Å². The number of hydrogen-bond donors (Lipinski definition) is 2. The zero-order chi connectivity index (χ0) is 17.0. The van der Waals surface area contributed by atoms with Gasteiger partial charge in [0.05, 0.1) is 10.0 Å². The summed E-state index contributed by atoms with van der Waals surface area (Å²) in [6.07, 6.45) is 0. The molecule has 1 aromatic heterocycles. The SMILES string of the molecule is CC(C)(N)CNC(=O)c1cc(COc2c(Cl)cccc2Cl)on1. The topological polar surface area (TPSA) is 90.4 Å². The Kier molecular flexibility index (Phi) is 5.51. The minimum atomic E-state index is -0.508. The van der Waals surface area contributed by atoms with E-state index in [4.69, 9.17) is 38.2 Å². The zero-order valence-corrected chi connectivity index (χ0v) is 14.2. The third-order valence-electron chi connectivity index (χ3n) is 2.77. The molecule has 1 heterocycles. The Morgan fingerprint density at radius 1 is 1.39 bits per heavy atom. The molecule has 1 amide bonds. The molecule has 0 aliphatic heterocycles. The van der Waals surface area contributed by atoms with Crippen molar-refractivity contribution in [1.82, 2.24) is 10.5 Å². The number of nitrogens with zero attached hydrogens (tertiary/aromatic N) is 1. The molecule has 0 aliphatic carbocycles. The number of benzene rings is 1. The van der Waals surface area contributed by atoms with Crippen LogP contribution in [0.3, 0.4) is 0 Å².